The van der Waals surface area contributed by atoms with Crippen LogP contribution in [0.3, 0.4) is 0 Å². The van der Waals surface area contributed by atoms with Gasteiger partial charge in [0, 0.05) is 0 Å². The van der Waals surface area contributed by atoms with Gasteiger partial charge in [-0.05, 0) is 26.4 Å². The molecule has 3 nitrogen and oxygen atoms in total. The summed E-state index contributed by atoms with van der Waals surface area (Å²) in [5.74, 6) is -0.0906. The molecule has 0 N–H and O–H groups in total. The van der Waals surface area contributed by atoms with Crippen molar-refractivity contribution in [1.82, 2.24) is 4.90 Å². The third-order valence-corrected chi connectivity index (χ3v) is 2.24. The molecule has 1 aliphatic rings. The Bertz CT molecular complexity index is 147. The Kier molecular flexibility index (Phi) is 2.88. The van der Waals surface area contributed by atoms with Crippen LogP contribution < -0.4 is 0 Å². The zero-order valence-electron chi connectivity index (χ0n) is 7.17. The second kappa shape index (κ2) is 3.72. The first-order valence-corrected chi connectivity index (χ1v) is 4.04. The second-order valence-electron chi connectivity index (χ2n) is 3.02. The summed E-state index contributed by atoms with van der Waals surface area (Å²) in [6, 6.07) is 0.00810. The number of likely N-dealkylation sites (N-methyl/N-ethyl adjacent to an activating group) is 1. The number of ether oxygens (including phenoxy) is 1. The maximum absolute atomic E-state index is 11.1. The lowest BCUT2D eigenvalue weighted by Gasteiger charge is -2.29. The molecule has 0 aromatic rings. The van der Waals surface area contributed by atoms with E-state index in [1.165, 1.54) is 13.5 Å². The van der Waals surface area contributed by atoms with Crippen molar-refractivity contribution in [1.29, 1.82) is 0 Å². The molecule has 0 spiro atoms. The van der Waals surface area contributed by atoms with E-state index in [-0.39, 0.29) is 12.0 Å². The number of likely N-dealkylation sites (tertiary alicyclic amines) is 1. The first kappa shape index (κ1) is 8.53. The zero-order chi connectivity index (χ0) is 8.27. The van der Waals surface area contributed by atoms with Crippen molar-refractivity contribution in [2.45, 2.75) is 25.3 Å². The topological polar surface area (TPSA) is 29.5 Å². The van der Waals surface area contributed by atoms with Gasteiger partial charge in [-0.2, -0.15) is 0 Å². The highest BCUT2D eigenvalue weighted by molar-refractivity contribution is 5.75. The summed E-state index contributed by atoms with van der Waals surface area (Å²) < 4.78 is 4.68. The van der Waals surface area contributed by atoms with Gasteiger partial charge < -0.3 is 4.74 Å². The van der Waals surface area contributed by atoms with Crippen LogP contribution in [0.5, 0.6) is 0 Å². The van der Waals surface area contributed by atoms with Crippen LogP contribution in [0.1, 0.15) is 19.3 Å². The van der Waals surface area contributed by atoms with Gasteiger partial charge in [0.1, 0.15) is 6.04 Å². The summed E-state index contributed by atoms with van der Waals surface area (Å²) in [5, 5.41) is 0. The number of esters is 1. The smallest absolute Gasteiger partial charge is 0.323 e. The zero-order valence-corrected chi connectivity index (χ0v) is 7.17. The molecule has 11 heavy (non-hydrogen) atoms. The van der Waals surface area contributed by atoms with E-state index < -0.39 is 0 Å². The van der Waals surface area contributed by atoms with Crippen LogP contribution in [0, 0.1) is 0 Å². The minimum absolute atomic E-state index is 0.00810. The maximum atomic E-state index is 11.1. The number of carbonyl (C=O) groups excluding carboxylic acids is 1. The normalized spacial score (nSPS) is 26.5. The molecule has 1 fully saturated rings. The van der Waals surface area contributed by atoms with Gasteiger partial charge in [0.2, 0.25) is 0 Å². The van der Waals surface area contributed by atoms with Crippen molar-refractivity contribution in [3.63, 3.8) is 0 Å². The molecule has 0 saturated carbocycles. The monoisotopic (exact) mass is 157 g/mol. The van der Waals surface area contributed by atoms with E-state index >= 15 is 0 Å². The summed E-state index contributed by atoms with van der Waals surface area (Å²) in [7, 11) is 3.42. The number of methoxy groups -OCH3 is 1. The fourth-order valence-electron chi connectivity index (χ4n) is 1.51. The molecule has 0 aromatic heterocycles. The van der Waals surface area contributed by atoms with E-state index in [0.717, 1.165) is 19.4 Å². The maximum Gasteiger partial charge on any atom is 0.323 e. The fourth-order valence-corrected chi connectivity index (χ4v) is 1.51. The van der Waals surface area contributed by atoms with Crippen molar-refractivity contribution in [3.05, 3.63) is 0 Å². The number of hydrogen-bond donors (Lipinski definition) is 0. The quantitative estimate of drug-likeness (QED) is 0.523. The highest BCUT2D eigenvalue weighted by atomic mass is 16.5. The predicted octanol–water partition coefficient (Wildman–Crippen LogP) is 0.644. The highest BCUT2D eigenvalue weighted by Gasteiger charge is 2.25. The molecule has 0 amide bonds. The molecule has 3 heteroatoms. The molecular formula is C8H15NO2. The predicted molar refractivity (Wildman–Crippen MR) is 42.3 cm³/mol. The molecule has 0 aromatic carbocycles. The van der Waals surface area contributed by atoms with Gasteiger partial charge in [0.15, 0.2) is 0 Å². The number of nitrogens with zero attached hydrogens (tertiary/aromatic N) is 1. The van der Waals surface area contributed by atoms with E-state index in [4.69, 9.17) is 0 Å². The summed E-state index contributed by atoms with van der Waals surface area (Å²) in [6.07, 6.45) is 3.29. The molecule has 0 radical (unpaired) electrons. The van der Waals surface area contributed by atoms with E-state index in [9.17, 15) is 4.79 Å². The van der Waals surface area contributed by atoms with Gasteiger partial charge in [0.05, 0.1) is 7.11 Å². The van der Waals surface area contributed by atoms with E-state index in [1.54, 1.807) is 0 Å². The summed E-state index contributed by atoms with van der Waals surface area (Å²) in [5.41, 5.74) is 0. The van der Waals surface area contributed by atoms with Crippen LogP contribution in [0.25, 0.3) is 0 Å². The molecule has 1 heterocycles. The van der Waals surface area contributed by atoms with Crippen molar-refractivity contribution in [2.24, 2.45) is 0 Å². The van der Waals surface area contributed by atoms with Crippen molar-refractivity contribution >= 4 is 5.97 Å². The second-order valence-corrected chi connectivity index (χ2v) is 3.02. The van der Waals surface area contributed by atoms with E-state index in [1.807, 2.05) is 7.05 Å². The molecule has 1 rings (SSSR count). The molecule has 64 valence electrons. The SMILES string of the molecule is COC(=O)[C@@H]1CCCCN1C. The fraction of sp³-hybridized carbons (Fsp3) is 0.875. The van der Waals surface area contributed by atoms with E-state index in [2.05, 4.69) is 9.64 Å². The number of hydrogen-bond acceptors (Lipinski definition) is 3. The molecule has 0 bridgehead atoms. The van der Waals surface area contributed by atoms with Crippen LogP contribution >= 0.6 is 0 Å². The number of piperidine rings is 1. The van der Waals surface area contributed by atoms with Crippen LogP contribution in [-0.4, -0.2) is 37.6 Å². The van der Waals surface area contributed by atoms with Crippen molar-refractivity contribution in [2.75, 3.05) is 20.7 Å². The Hall–Kier alpha value is -0.570. The largest absolute Gasteiger partial charge is 0.468 e. The Morgan fingerprint density at radius 3 is 2.82 bits per heavy atom. The van der Waals surface area contributed by atoms with Gasteiger partial charge in [-0.1, -0.05) is 6.42 Å². The Balaban J connectivity index is 2.47. The average molecular weight is 157 g/mol. The molecular weight excluding hydrogens is 142 g/mol. The van der Waals surface area contributed by atoms with Gasteiger partial charge in [-0.3, -0.25) is 9.69 Å². The molecule has 0 aliphatic carbocycles. The van der Waals surface area contributed by atoms with Gasteiger partial charge in [-0.25, -0.2) is 0 Å². The average Bonchev–Trinajstić information content (AvgIpc) is 2.04. The number of rotatable bonds is 1. The molecule has 1 aliphatic heterocycles. The Morgan fingerprint density at radius 1 is 1.55 bits per heavy atom. The van der Waals surface area contributed by atoms with Crippen molar-refractivity contribution in [3.8, 4) is 0 Å². The lowest BCUT2D eigenvalue weighted by Crippen LogP contribution is -2.42. The molecule has 1 atom stereocenters. The summed E-state index contributed by atoms with van der Waals surface area (Å²) in [6.45, 7) is 1.01. The minimum atomic E-state index is -0.0906. The minimum Gasteiger partial charge on any atom is -0.468 e. The van der Waals surface area contributed by atoms with Gasteiger partial charge >= 0.3 is 5.97 Å². The van der Waals surface area contributed by atoms with Crippen molar-refractivity contribution < 1.29 is 9.53 Å². The third-order valence-electron chi connectivity index (χ3n) is 2.24. The first-order chi connectivity index (χ1) is 5.25. The van der Waals surface area contributed by atoms with Crippen LogP contribution in [0.2, 0.25) is 0 Å². The van der Waals surface area contributed by atoms with Crippen LogP contribution in [0.4, 0.5) is 0 Å². The van der Waals surface area contributed by atoms with Gasteiger partial charge in [-0.15, -0.1) is 0 Å². The first-order valence-electron chi connectivity index (χ1n) is 4.04. The Labute approximate surface area is 67.3 Å². The van der Waals surface area contributed by atoms with Gasteiger partial charge in [0.25, 0.3) is 0 Å². The standard InChI is InChI=1S/C8H15NO2/c1-9-6-4-3-5-7(9)8(10)11-2/h7H,3-6H2,1-2H3/t7-/m0/s1. The summed E-state index contributed by atoms with van der Waals surface area (Å²) in [4.78, 5) is 13.2. The summed E-state index contributed by atoms with van der Waals surface area (Å²) >= 11 is 0. The molecule has 0 unspecified atom stereocenters. The Morgan fingerprint density at radius 2 is 2.27 bits per heavy atom. The van der Waals surface area contributed by atoms with E-state index in [0.29, 0.717) is 0 Å². The third kappa shape index (κ3) is 1.93. The highest BCUT2D eigenvalue weighted by Crippen LogP contribution is 2.15. The number of carbonyl (C=O) groups is 1. The lowest BCUT2D eigenvalue weighted by atomic mass is 10.0. The lowest BCUT2D eigenvalue weighted by molar-refractivity contribution is -0.147. The van der Waals surface area contributed by atoms with Crippen LogP contribution in [0.15, 0.2) is 0 Å². The molecule has 1 saturated heterocycles. The van der Waals surface area contributed by atoms with Crippen LogP contribution in [-0.2, 0) is 9.53 Å².